The second-order valence-corrected chi connectivity index (χ2v) is 7.03. The van der Waals surface area contributed by atoms with Gasteiger partial charge in [0.05, 0.1) is 11.9 Å². The molecule has 2 aliphatic rings. The molecule has 3 aromatic rings. The molecule has 0 radical (unpaired) electrons. The van der Waals surface area contributed by atoms with E-state index in [4.69, 9.17) is 9.51 Å². The number of nitrogens with one attached hydrogen (secondary N) is 1. The van der Waals surface area contributed by atoms with Gasteiger partial charge >= 0.3 is 0 Å². The van der Waals surface area contributed by atoms with Gasteiger partial charge in [0.2, 0.25) is 0 Å². The van der Waals surface area contributed by atoms with Crippen LogP contribution in [0.4, 0.5) is 0 Å². The summed E-state index contributed by atoms with van der Waals surface area (Å²) in [7, 11) is 0. The molecule has 5 rings (SSSR count). The van der Waals surface area contributed by atoms with Crippen molar-refractivity contribution in [2.45, 2.75) is 38.0 Å². The predicted octanol–water partition coefficient (Wildman–Crippen LogP) is 2.83. The van der Waals surface area contributed by atoms with Crippen LogP contribution in [0.3, 0.4) is 0 Å². The van der Waals surface area contributed by atoms with Crippen molar-refractivity contribution in [3.63, 3.8) is 0 Å². The third-order valence-corrected chi connectivity index (χ3v) is 5.77. The summed E-state index contributed by atoms with van der Waals surface area (Å²) in [5.74, 6) is 2.61. The Labute approximate surface area is 144 Å². The van der Waals surface area contributed by atoms with Gasteiger partial charge in [-0.3, -0.25) is 9.78 Å². The van der Waals surface area contributed by atoms with E-state index in [-0.39, 0.29) is 11.5 Å². The van der Waals surface area contributed by atoms with E-state index in [0.29, 0.717) is 17.7 Å². The molecule has 0 aliphatic heterocycles. The van der Waals surface area contributed by atoms with Crippen LogP contribution < -0.4 is 5.56 Å². The highest BCUT2D eigenvalue weighted by atomic mass is 16.5. The molecule has 6 nitrogen and oxygen atoms in total. The molecule has 6 heteroatoms. The zero-order valence-electron chi connectivity index (χ0n) is 13.9. The highest BCUT2D eigenvalue weighted by molar-refractivity contribution is 5.54. The lowest BCUT2D eigenvalue weighted by molar-refractivity contribution is 0.245. The van der Waals surface area contributed by atoms with Crippen LogP contribution in [-0.4, -0.2) is 20.1 Å². The van der Waals surface area contributed by atoms with Gasteiger partial charge in [0.25, 0.3) is 5.56 Å². The highest BCUT2D eigenvalue weighted by Crippen LogP contribution is 2.48. The smallest absolute Gasteiger partial charge is 0.254 e. The Morgan fingerprint density at radius 1 is 1.28 bits per heavy atom. The second-order valence-electron chi connectivity index (χ2n) is 7.03. The Balaban J connectivity index is 1.66. The molecule has 0 spiro atoms. The Morgan fingerprint density at radius 2 is 2.12 bits per heavy atom. The number of aromatic amines is 1. The third-order valence-electron chi connectivity index (χ3n) is 5.77. The third kappa shape index (κ3) is 2.17. The molecule has 2 aliphatic carbocycles. The van der Waals surface area contributed by atoms with Crippen LogP contribution in [0, 0.1) is 5.92 Å². The van der Waals surface area contributed by atoms with Crippen LogP contribution >= 0.6 is 0 Å². The quantitative estimate of drug-likeness (QED) is 0.740. The maximum Gasteiger partial charge on any atom is 0.254 e. The van der Waals surface area contributed by atoms with E-state index in [1.54, 1.807) is 12.4 Å². The Kier molecular flexibility index (Phi) is 3.13. The molecule has 3 unspecified atom stereocenters. The van der Waals surface area contributed by atoms with Crippen molar-refractivity contribution in [3.8, 4) is 11.4 Å². The Bertz CT molecular complexity index is 992. The number of H-pyrrole nitrogens is 1. The molecular weight excluding hydrogens is 316 g/mol. The summed E-state index contributed by atoms with van der Waals surface area (Å²) in [6.45, 7) is 2.20. The molecule has 0 aromatic carbocycles. The van der Waals surface area contributed by atoms with E-state index in [0.717, 1.165) is 47.4 Å². The number of aromatic nitrogens is 4. The van der Waals surface area contributed by atoms with Gasteiger partial charge in [-0.1, -0.05) is 12.1 Å². The lowest BCUT2D eigenvalue weighted by Gasteiger charge is -2.38. The van der Waals surface area contributed by atoms with Crippen molar-refractivity contribution in [1.82, 2.24) is 20.1 Å². The second kappa shape index (κ2) is 5.37. The van der Waals surface area contributed by atoms with Gasteiger partial charge in [0, 0.05) is 40.9 Å². The van der Waals surface area contributed by atoms with Crippen molar-refractivity contribution < 1.29 is 4.52 Å². The normalized spacial score (nSPS) is 24.3. The summed E-state index contributed by atoms with van der Waals surface area (Å²) >= 11 is 0. The van der Waals surface area contributed by atoms with Gasteiger partial charge in [-0.2, -0.15) is 0 Å². The van der Waals surface area contributed by atoms with Gasteiger partial charge < -0.3 is 9.51 Å². The first kappa shape index (κ1) is 14.6. The molecular formula is C19H18N4O2. The summed E-state index contributed by atoms with van der Waals surface area (Å²) in [6, 6.07) is 3.74. The van der Waals surface area contributed by atoms with E-state index < -0.39 is 0 Å². The molecule has 0 saturated carbocycles. The van der Waals surface area contributed by atoms with Crippen LogP contribution in [-0.2, 0) is 12.8 Å². The van der Waals surface area contributed by atoms with Gasteiger partial charge in [-0.05, 0) is 37.3 Å². The summed E-state index contributed by atoms with van der Waals surface area (Å²) in [4.78, 5) is 24.5. The minimum atomic E-state index is -0.0148. The van der Waals surface area contributed by atoms with Crippen molar-refractivity contribution in [1.29, 1.82) is 0 Å². The fraction of sp³-hybridized carbons (Fsp3) is 0.368. The summed E-state index contributed by atoms with van der Waals surface area (Å²) < 4.78 is 5.48. The average Bonchev–Trinajstić information content (AvgIpc) is 3.11. The molecule has 126 valence electrons. The first-order valence-electron chi connectivity index (χ1n) is 8.69. The Hall–Kier alpha value is -2.76. The zero-order chi connectivity index (χ0) is 17.0. The number of nitrogens with zero attached hydrogens (tertiary/aromatic N) is 3. The predicted molar refractivity (Wildman–Crippen MR) is 91.3 cm³/mol. The standard InChI is InChI=1S/C19H18N4O2/c1-10-13-2-3-14-16(15(13)8-12-9-21-25-17(10)12)22-18(23-19(14)24)11-4-6-20-7-5-11/h4-7,9-10,13,15H,2-3,8H2,1H3,(H,22,23,24). The lowest BCUT2D eigenvalue weighted by Crippen LogP contribution is -2.35. The van der Waals surface area contributed by atoms with Gasteiger partial charge in [0.1, 0.15) is 11.6 Å². The van der Waals surface area contributed by atoms with Crippen LogP contribution in [0.2, 0.25) is 0 Å². The zero-order valence-corrected chi connectivity index (χ0v) is 13.9. The molecule has 0 amide bonds. The van der Waals surface area contributed by atoms with Crippen molar-refractivity contribution >= 4 is 0 Å². The van der Waals surface area contributed by atoms with E-state index in [1.807, 2.05) is 18.3 Å². The number of hydrogen-bond donors (Lipinski definition) is 1. The summed E-state index contributed by atoms with van der Waals surface area (Å²) in [5.41, 5.74) is 3.80. The lowest BCUT2D eigenvalue weighted by atomic mass is 9.65. The van der Waals surface area contributed by atoms with Crippen LogP contribution in [0.5, 0.6) is 0 Å². The number of rotatable bonds is 1. The molecule has 3 aromatic heterocycles. The fourth-order valence-corrected chi connectivity index (χ4v) is 4.50. The summed E-state index contributed by atoms with van der Waals surface area (Å²) in [6.07, 6.45) is 7.83. The first-order valence-corrected chi connectivity index (χ1v) is 8.69. The van der Waals surface area contributed by atoms with Crippen LogP contribution in [0.25, 0.3) is 11.4 Å². The molecule has 0 bridgehead atoms. The van der Waals surface area contributed by atoms with E-state index in [1.165, 1.54) is 0 Å². The largest absolute Gasteiger partial charge is 0.361 e. The number of fused-ring (bicyclic) bond motifs is 4. The monoisotopic (exact) mass is 334 g/mol. The van der Waals surface area contributed by atoms with Crippen molar-refractivity contribution in [2.24, 2.45) is 5.92 Å². The topological polar surface area (TPSA) is 84.7 Å². The van der Waals surface area contributed by atoms with Crippen molar-refractivity contribution in [2.75, 3.05) is 0 Å². The minimum absolute atomic E-state index is 0.0148. The summed E-state index contributed by atoms with van der Waals surface area (Å²) in [5, 5.41) is 3.98. The minimum Gasteiger partial charge on any atom is -0.361 e. The maximum absolute atomic E-state index is 12.7. The van der Waals surface area contributed by atoms with E-state index in [9.17, 15) is 4.79 Å². The van der Waals surface area contributed by atoms with Gasteiger partial charge in [0.15, 0.2) is 0 Å². The van der Waals surface area contributed by atoms with Crippen LogP contribution in [0.1, 0.15) is 47.8 Å². The Morgan fingerprint density at radius 3 is 2.96 bits per heavy atom. The van der Waals surface area contributed by atoms with E-state index >= 15 is 0 Å². The number of hydrogen-bond acceptors (Lipinski definition) is 5. The molecule has 25 heavy (non-hydrogen) atoms. The average molecular weight is 334 g/mol. The number of pyridine rings is 1. The van der Waals surface area contributed by atoms with E-state index in [2.05, 4.69) is 22.0 Å². The SMILES string of the molecule is CC1c2oncc2CC2c3nc(-c4ccncc4)[nH]c(=O)c3CCC12. The first-order chi connectivity index (χ1) is 12.2. The molecule has 3 atom stereocenters. The molecule has 1 N–H and O–H groups in total. The van der Waals surface area contributed by atoms with Crippen molar-refractivity contribution in [3.05, 3.63) is 63.7 Å². The van der Waals surface area contributed by atoms with Gasteiger partial charge in [-0.15, -0.1) is 0 Å². The molecule has 0 saturated heterocycles. The molecule has 0 fully saturated rings. The van der Waals surface area contributed by atoms with Crippen LogP contribution in [0.15, 0.2) is 40.0 Å². The fourth-order valence-electron chi connectivity index (χ4n) is 4.50. The highest BCUT2D eigenvalue weighted by Gasteiger charge is 2.42. The molecule has 3 heterocycles. The maximum atomic E-state index is 12.7. The van der Waals surface area contributed by atoms with Gasteiger partial charge in [-0.25, -0.2) is 4.98 Å².